The number of benzene rings is 1. The van der Waals surface area contributed by atoms with Crippen molar-refractivity contribution in [3.8, 4) is 11.1 Å². The van der Waals surface area contributed by atoms with E-state index >= 15 is 0 Å². The van der Waals surface area contributed by atoms with Crippen molar-refractivity contribution in [2.75, 3.05) is 0 Å². The predicted octanol–water partition coefficient (Wildman–Crippen LogP) is 2.70. The molecule has 0 aliphatic heterocycles. The summed E-state index contributed by atoms with van der Waals surface area (Å²) < 4.78 is 28.6. The number of hydrogen-bond acceptors (Lipinski definition) is 5. The minimum absolute atomic E-state index is 0.188. The molecule has 158 valence electrons. The number of rotatable bonds is 4. The first-order valence-electron chi connectivity index (χ1n) is 10.0. The average Bonchev–Trinajstić information content (AvgIpc) is 3.05. The maximum absolute atomic E-state index is 13.1. The minimum Gasteiger partial charge on any atom is -0.293 e. The van der Waals surface area contributed by atoms with Gasteiger partial charge in [-0.15, -0.1) is 0 Å². The predicted molar refractivity (Wildman–Crippen MR) is 114 cm³/mol. The quantitative estimate of drug-likeness (QED) is 0.663. The van der Waals surface area contributed by atoms with Crippen LogP contribution in [0.4, 0.5) is 0 Å². The second kappa shape index (κ2) is 7.71. The van der Waals surface area contributed by atoms with Gasteiger partial charge in [-0.2, -0.15) is 0 Å². The number of carbonyl (C=O) groups excluding carboxylic acids is 1. The Bertz CT molecular complexity index is 1270. The van der Waals surface area contributed by atoms with Gasteiger partial charge in [0, 0.05) is 11.3 Å². The Morgan fingerprint density at radius 2 is 1.80 bits per heavy atom. The number of amides is 1. The Balaban J connectivity index is 1.76. The summed E-state index contributed by atoms with van der Waals surface area (Å²) in [6.45, 7) is 3.36. The number of H-pyrrole nitrogens is 1. The zero-order chi connectivity index (χ0) is 21.5. The van der Waals surface area contributed by atoms with Crippen LogP contribution in [-0.2, 0) is 10.0 Å². The third-order valence-electron chi connectivity index (χ3n) is 5.66. The number of carbonyl (C=O) groups is 1. The van der Waals surface area contributed by atoms with Crippen molar-refractivity contribution in [3.05, 3.63) is 57.6 Å². The van der Waals surface area contributed by atoms with E-state index in [-0.39, 0.29) is 11.3 Å². The van der Waals surface area contributed by atoms with E-state index in [2.05, 4.69) is 14.8 Å². The van der Waals surface area contributed by atoms with Crippen molar-refractivity contribution in [1.29, 1.82) is 0 Å². The van der Waals surface area contributed by atoms with Crippen LogP contribution in [0, 0.1) is 13.8 Å². The van der Waals surface area contributed by atoms with Crippen molar-refractivity contribution < 1.29 is 13.2 Å². The third kappa shape index (κ3) is 3.54. The molecular formula is C21H24N4O4S. The standard InChI is InChI=1S/C21H24N4O4S/c1-13-18(20(26)24-30(28,29)16-11-7-4-8-12-16)21(27)25-19(22-13)17(14(2)23-25)15-9-5-3-6-10-15/h3,5-6,9-10,16,23H,4,7-8,11-12H2,1-2H3,(H,24,26). The van der Waals surface area contributed by atoms with Gasteiger partial charge in [-0.3, -0.25) is 14.7 Å². The lowest BCUT2D eigenvalue weighted by Crippen LogP contribution is -2.42. The van der Waals surface area contributed by atoms with E-state index in [0.29, 0.717) is 18.5 Å². The van der Waals surface area contributed by atoms with Gasteiger partial charge < -0.3 is 0 Å². The van der Waals surface area contributed by atoms with Crippen LogP contribution in [0.15, 0.2) is 35.1 Å². The van der Waals surface area contributed by atoms with Gasteiger partial charge >= 0.3 is 0 Å². The molecule has 0 saturated heterocycles. The largest absolute Gasteiger partial charge is 0.293 e. The number of aryl methyl sites for hydroxylation is 2. The summed E-state index contributed by atoms with van der Waals surface area (Å²) >= 11 is 0. The molecule has 1 amide bonds. The number of fused-ring (bicyclic) bond motifs is 1. The van der Waals surface area contributed by atoms with Gasteiger partial charge in [0.25, 0.3) is 11.5 Å². The minimum atomic E-state index is -3.85. The molecule has 1 fully saturated rings. The summed E-state index contributed by atoms with van der Waals surface area (Å²) in [5, 5.41) is 2.35. The summed E-state index contributed by atoms with van der Waals surface area (Å²) in [7, 11) is -3.85. The molecule has 30 heavy (non-hydrogen) atoms. The maximum Gasteiger partial charge on any atom is 0.285 e. The molecule has 4 rings (SSSR count). The number of nitrogens with zero attached hydrogens (tertiary/aromatic N) is 2. The SMILES string of the molecule is Cc1nc2c(-c3ccccc3)c(C)[nH]n2c(=O)c1C(=O)NS(=O)(=O)C1CCCCC1. The number of nitrogens with one attached hydrogen (secondary N) is 2. The highest BCUT2D eigenvalue weighted by Crippen LogP contribution is 2.27. The Labute approximate surface area is 174 Å². The van der Waals surface area contributed by atoms with Gasteiger partial charge in [0.15, 0.2) is 5.65 Å². The van der Waals surface area contributed by atoms with Crippen molar-refractivity contribution in [3.63, 3.8) is 0 Å². The fraction of sp³-hybridized carbons (Fsp3) is 0.381. The van der Waals surface area contributed by atoms with E-state index in [0.717, 1.165) is 36.1 Å². The van der Waals surface area contributed by atoms with Gasteiger partial charge in [-0.25, -0.2) is 22.6 Å². The highest BCUT2D eigenvalue weighted by atomic mass is 32.2. The third-order valence-corrected chi connectivity index (χ3v) is 7.48. The lowest BCUT2D eigenvalue weighted by molar-refractivity contribution is 0.0978. The van der Waals surface area contributed by atoms with E-state index in [1.54, 1.807) is 6.92 Å². The van der Waals surface area contributed by atoms with E-state index in [1.807, 2.05) is 37.3 Å². The first-order chi connectivity index (χ1) is 14.3. The highest BCUT2D eigenvalue weighted by molar-refractivity contribution is 7.90. The molecule has 1 aromatic carbocycles. The van der Waals surface area contributed by atoms with Crippen LogP contribution in [-0.4, -0.2) is 34.2 Å². The summed E-state index contributed by atoms with van der Waals surface area (Å²) in [4.78, 5) is 30.4. The van der Waals surface area contributed by atoms with Crippen molar-refractivity contribution in [2.45, 2.75) is 51.2 Å². The van der Waals surface area contributed by atoms with Crippen molar-refractivity contribution in [1.82, 2.24) is 19.3 Å². The first-order valence-corrected chi connectivity index (χ1v) is 11.6. The van der Waals surface area contributed by atoms with Crippen LogP contribution in [0.1, 0.15) is 53.8 Å². The monoisotopic (exact) mass is 428 g/mol. The van der Waals surface area contributed by atoms with Crippen molar-refractivity contribution in [2.24, 2.45) is 0 Å². The van der Waals surface area contributed by atoms with Gasteiger partial charge in [0.1, 0.15) is 5.56 Å². The van der Waals surface area contributed by atoms with E-state index in [1.165, 1.54) is 4.52 Å². The van der Waals surface area contributed by atoms with Gasteiger partial charge in [0.2, 0.25) is 10.0 Å². The average molecular weight is 429 g/mol. The Kier molecular flexibility index (Phi) is 5.23. The van der Waals surface area contributed by atoms with Crippen LogP contribution in [0.5, 0.6) is 0 Å². The zero-order valence-electron chi connectivity index (χ0n) is 16.9. The molecule has 2 aromatic heterocycles. The molecule has 2 heterocycles. The van der Waals surface area contributed by atoms with Gasteiger partial charge in [-0.05, 0) is 32.3 Å². The summed E-state index contributed by atoms with van der Waals surface area (Å²) in [6, 6.07) is 9.50. The number of aromatic nitrogens is 3. The lowest BCUT2D eigenvalue weighted by Gasteiger charge is -2.21. The molecule has 1 saturated carbocycles. The van der Waals surface area contributed by atoms with Crippen LogP contribution < -0.4 is 10.3 Å². The molecule has 3 aromatic rings. The fourth-order valence-electron chi connectivity index (χ4n) is 4.14. The van der Waals surface area contributed by atoms with E-state index in [4.69, 9.17) is 0 Å². The molecule has 0 spiro atoms. The van der Waals surface area contributed by atoms with Gasteiger partial charge in [0.05, 0.1) is 10.9 Å². The number of hydrogen-bond donors (Lipinski definition) is 2. The fourth-order valence-corrected chi connectivity index (χ4v) is 5.62. The van der Waals surface area contributed by atoms with E-state index < -0.39 is 26.7 Å². The van der Waals surface area contributed by atoms with Gasteiger partial charge in [-0.1, -0.05) is 49.6 Å². The Morgan fingerprint density at radius 3 is 2.47 bits per heavy atom. The molecule has 9 heteroatoms. The normalized spacial score (nSPS) is 15.4. The topological polar surface area (TPSA) is 113 Å². The summed E-state index contributed by atoms with van der Waals surface area (Å²) in [5.74, 6) is -0.932. The summed E-state index contributed by atoms with van der Waals surface area (Å²) in [5.41, 5.74) is 2.06. The maximum atomic E-state index is 13.1. The number of aromatic amines is 1. The van der Waals surface area contributed by atoms with E-state index in [9.17, 15) is 18.0 Å². The first kappa shape index (κ1) is 20.3. The Morgan fingerprint density at radius 1 is 1.13 bits per heavy atom. The molecule has 1 aliphatic carbocycles. The van der Waals surface area contributed by atoms with Crippen molar-refractivity contribution >= 4 is 21.6 Å². The van der Waals surface area contributed by atoms with Crippen LogP contribution in [0.3, 0.4) is 0 Å². The zero-order valence-corrected chi connectivity index (χ0v) is 17.8. The lowest BCUT2D eigenvalue weighted by atomic mass is 10.0. The molecule has 1 aliphatic rings. The molecule has 2 N–H and O–H groups in total. The van der Waals surface area contributed by atoms with Crippen LogP contribution in [0.2, 0.25) is 0 Å². The molecular weight excluding hydrogens is 404 g/mol. The second-order valence-electron chi connectivity index (χ2n) is 7.75. The molecule has 0 bridgehead atoms. The smallest absolute Gasteiger partial charge is 0.285 e. The van der Waals surface area contributed by atoms with Crippen LogP contribution in [0.25, 0.3) is 16.8 Å². The second-order valence-corrected chi connectivity index (χ2v) is 9.71. The summed E-state index contributed by atoms with van der Waals surface area (Å²) in [6.07, 6.45) is 3.68. The van der Waals surface area contributed by atoms with Crippen LogP contribution >= 0.6 is 0 Å². The highest BCUT2D eigenvalue weighted by Gasteiger charge is 2.31. The Hall–Kier alpha value is -2.94. The molecule has 0 radical (unpaired) electrons. The molecule has 0 unspecified atom stereocenters. The molecule has 8 nitrogen and oxygen atoms in total. The molecule has 0 atom stereocenters. The number of sulfonamides is 1.